The minimum atomic E-state index is -0.182. The highest BCUT2D eigenvalue weighted by molar-refractivity contribution is 9.10. The molecule has 0 aliphatic heterocycles. The molecule has 0 unspecified atom stereocenters. The Hall–Kier alpha value is -0.870. The van der Waals surface area contributed by atoms with Crippen molar-refractivity contribution in [2.45, 2.75) is 19.9 Å². The van der Waals surface area contributed by atoms with Crippen molar-refractivity contribution in [3.05, 3.63) is 33.8 Å². The molecule has 0 saturated carbocycles. The van der Waals surface area contributed by atoms with E-state index in [0.29, 0.717) is 13.0 Å². The number of rotatable bonds is 5. The molecule has 0 spiro atoms. The molecule has 1 aromatic carbocycles. The van der Waals surface area contributed by atoms with E-state index in [9.17, 15) is 4.79 Å². The minimum absolute atomic E-state index is 0.182. The van der Waals surface area contributed by atoms with Crippen molar-refractivity contribution in [3.63, 3.8) is 0 Å². The van der Waals surface area contributed by atoms with Gasteiger partial charge in [0.05, 0.1) is 13.5 Å². The Morgan fingerprint density at radius 1 is 1.50 bits per heavy atom. The second-order valence-electron chi connectivity index (χ2n) is 3.57. The van der Waals surface area contributed by atoms with Crippen LogP contribution in [0.4, 0.5) is 0 Å². The van der Waals surface area contributed by atoms with Crippen LogP contribution in [-0.2, 0) is 16.1 Å². The molecule has 1 N–H and O–H groups in total. The highest BCUT2D eigenvalue weighted by Gasteiger charge is 2.01. The third-order valence-electron chi connectivity index (χ3n) is 2.36. The van der Waals surface area contributed by atoms with Crippen molar-refractivity contribution in [1.29, 1.82) is 0 Å². The quantitative estimate of drug-likeness (QED) is 0.667. The maximum absolute atomic E-state index is 10.9. The normalized spacial score (nSPS) is 10.2. The zero-order chi connectivity index (χ0) is 12.0. The van der Waals surface area contributed by atoms with Gasteiger partial charge in [-0.3, -0.25) is 4.79 Å². The number of nitrogens with one attached hydrogen (secondary N) is 1. The van der Waals surface area contributed by atoms with E-state index in [0.717, 1.165) is 11.0 Å². The number of halogens is 1. The fourth-order valence-corrected chi connectivity index (χ4v) is 1.75. The van der Waals surface area contributed by atoms with E-state index < -0.39 is 0 Å². The number of carbonyl (C=O) groups excluding carboxylic acids is 1. The van der Waals surface area contributed by atoms with Crippen molar-refractivity contribution in [1.82, 2.24) is 5.32 Å². The van der Waals surface area contributed by atoms with Gasteiger partial charge in [-0.1, -0.05) is 22.0 Å². The summed E-state index contributed by atoms with van der Waals surface area (Å²) >= 11 is 3.44. The lowest BCUT2D eigenvalue weighted by atomic mass is 10.1. The molecule has 0 heterocycles. The first-order valence-electron chi connectivity index (χ1n) is 5.16. The summed E-state index contributed by atoms with van der Waals surface area (Å²) in [6.45, 7) is 3.48. The van der Waals surface area contributed by atoms with Crippen LogP contribution >= 0.6 is 15.9 Å². The van der Waals surface area contributed by atoms with Gasteiger partial charge in [-0.05, 0) is 30.2 Å². The molecule has 0 atom stereocenters. The molecular weight excluding hydrogens is 270 g/mol. The largest absolute Gasteiger partial charge is 0.469 e. The predicted molar refractivity (Wildman–Crippen MR) is 67.2 cm³/mol. The highest BCUT2D eigenvalue weighted by Crippen LogP contribution is 2.15. The fourth-order valence-electron chi connectivity index (χ4n) is 1.35. The van der Waals surface area contributed by atoms with Gasteiger partial charge < -0.3 is 10.1 Å². The predicted octanol–water partition coefficient (Wildman–Crippen LogP) is 2.41. The topological polar surface area (TPSA) is 38.3 Å². The van der Waals surface area contributed by atoms with Gasteiger partial charge in [0.2, 0.25) is 0 Å². The number of hydrogen-bond acceptors (Lipinski definition) is 3. The molecule has 4 heteroatoms. The second-order valence-corrected chi connectivity index (χ2v) is 4.49. The van der Waals surface area contributed by atoms with E-state index in [1.54, 1.807) is 0 Å². The standard InChI is InChI=1S/C12H16BrNO2/c1-9-3-4-11(13)7-10(9)8-14-6-5-12(15)16-2/h3-4,7,14H,5-6,8H2,1-2H3. The summed E-state index contributed by atoms with van der Waals surface area (Å²) in [7, 11) is 1.40. The van der Waals surface area contributed by atoms with Gasteiger partial charge in [0.15, 0.2) is 0 Å². The Morgan fingerprint density at radius 3 is 2.94 bits per heavy atom. The molecule has 0 saturated heterocycles. The fraction of sp³-hybridized carbons (Fsp3) is 0.417. The molecule has 0 aliphatic carbocycles. The molecule has 0 fully saturated rings. The van der Waals surface area contributed by atoms with Crippen molar-refractivity contribution >= 4 is 21.9 Å². The Kier molecular flexibility index (Phi) is 5.49. The highest BCUT2D eigenvalue weighted by atomic mass is 79.9. The molecule has 3 nitrogen and oxygen atoms in total. The van der Waals surface area contributed by atoms with Crippen molar-refractivity contribution < 1.29 is 9.53 Å². The second kappa shape index (κ2) is 6.66. The molecule has 0 bridgehead atoms. The van der Waals surface area contributed by atoms with Crippen LogP contribution in [0.15, 0.2) is 22.7 Å². The Bertz CT molecular complexity index is 366. The molecule has 1 aromatic rings. The molecule has 16 heavy (non-hydrogen) atoms. The zero-order valence-corrected chi connectivity index (χ0v) is 11.1. The Balaban J connectivity index is 2.37. The monoisotopic (exact) mass is 285 g/mol. The summed E-state index contributed by atoms with van der Waals surface area (Å²) in [5.74, 6) is -0.182. The maximum atomic E-state index is 10.9. The minimum Gasteiger partial charge on any atom is -0.469 e. The summed E-state index contributed by atoms with van der Waals surface area (Å²) in [6, 6.07) is 6.18. The molecular formula is C12H16BrNO2. The van der Waals surface area contributed by atoms with E-state index in [-0.39, 0.29) is 5.97 Å². The van der Waals surface area contributed by atoms with E-state index >= 15 is 0 Å². The van der Waals surface area contributed by atoms with Crippen molar-refractivity contribution in [2.75, 3.05) is 13.7 Å². The van der Waals surface area contributed by atoms with Crippen LogP contribution in [0.2, 0.25) is 0 Å². The van der Waals surface area contributed by atoms with Crippen LogP contribution in [0.3, 0.4) is 0 Å². The van der Waals surface area contributed by atoms with Crippen LogP contribution in [-0.4, -0.2) is 19.6 Å². The lowest BCUT2D eigenvalue weighted by molar-refractivity contribution is -0.140. The van der Waals surface area contributed by atoms with Gasteiger partial charge in [-0.15, -0.1) is 0 Å². The van der Waals surface area contributed by atoms with Crippen molar-refractivity contribution in [2.24, 2.45) is 0 Å². The smallest absolute Gasteiger partial charge is 0.306 e. The Morgan fingerprint density at radius 2 is 2.25 bits per heavy atom. The molecule has 0 radical (unpaired) electrons. The van der Waals surface area contributed by atoms with Crippen LogP contribution < -0.4 is 5.32 Å². The van der Waals surface area contributed by atoms with Gasteiger partial charge >= 0.3 is 5.97 Å². The van der Waals surface area contributed by atoms with Gasteiger partial charge in [-0.25, -0.2) is 0 Å². The maximum Gasteiger partial charge on any atom is 0.306 e. The van der Waals surface area contributed by atoms with Gasteiger partial charge in [0.1, 0.15) is 0 Å². The number of carbonyl (C=O) groups is 1. The number of aryl methyl sites for hydroxylation is 1. The third-order valence-corrected chi connectivity index (χ3v) is 2.85. The molecule has 0 aromatic heterocycles. The first-order valence-corrected chi connectivity index (χ1v) is 5.95. The van der Waals surface area contributed by atoms with Crippen LogP contribution in [0, 0.1) is 6.92 Å². The van der Waals surface area contributed by atoms with Gasteiger partial charge in [-0.2, -0.15) is 0 Å². The van der Waals surface area contributed by atoms with E-state index in [4.69, 9.17) is 0 Å². The van der Waals surface area contributed by atoms with Gasteiger partial charge in [0, 0.05) is 17.6 Å². The van der Waals surface area contributed by atoms with Crippen LogP contribution in [0.5, 0.6) is 0 Å². The van der Waals surface area contributed by atoms with E-state index in [1.165, 1.54) is 18.2 Å². The summed E-state index contributed by atoms with van der Waals surface area (Å²) in [5.41, 5.74) is 2.48. The zero-order valence-electron chi connectivity index (χ0n) is 9.55. The number of ether oxygens (including phenoxy) is 1. The number of methoxy groups -OCH3 is 1. The number of esters is 1. The average Bonchev–Trinajstić information content (AvgIpc) is 2.28. The number of benzene rings is 1. The lowest BCUT2D eigenvalue weighted by Gasteiger charge is -2.07. The number of hydrogen-bond donors (Lipinski definition) is 1. The first-order chi connectivity index (χ1) is 7.63. The third kappa shape index (κ3) is 4.33. The SMILES string of the molecule is COC(=O)CCNCc1cc(Br)ccc1C. The van der Waals surface area contributed by atoms with Crippen LogP contribution in [0.25, 0.3) is 0 Å². The summed E-state index contributed by atoms with van der Waals surface area (Å²) in [6.07, 6.45) is 0.406. The lowest BCUT2D eigenvalue weighted by Crippen LogP contribution is -2.18. The van der Waals surface area contributed by atoms with Crippen LogP contribution in [0.1, 0.15) is 17.5 Å². The Labute approximate surface area is 104 Å². The van der Waals surface area contributed by atoms with E-state index in [2.05, 4.69) is 45.0 Å². The van der Waals surface area contributed by atoms with E-state index in [1.807, 2.05) is 6.07 Å². The first kappa shape index (κ1) is 13.2. The summed E-state index contributed by atoms with van der Waals surface area (Å²) in [5, 5.41) is 3.21. The summed E-state index contributed by atoms with van der Waals surface area (Å²) in [4.78, 5) is 10.9. The summed E-state index contributed by atoms with van der Waals surface area (Å²) < 4.78 is 5.63. The molecule has 88 valence electrons. The van der Waals surface area contributed by atoms with Gasteiger partial charge in [0.25, 0.3) is 0 Å². The molecule has 0 amide bonds. The van der Waals surface area contributed by atoms with Crippen molar-refractivity contribution in [3.8, 4) is 0 Å². The average molecular weight is 286 g/mol. The molecule has 0 aliphatic rings. The molecule has 1 rings (SSSR count).